The molecule has 5 rings (SSSR count). The van der Waals surface area contributed by atoms with Gasteiger partial charge in [0.05, 0.1) is 23.6 Å². The molecule has 0 spiro atoms. The van der Waals surface area contributed by atoms with Crippen LogP contribution in [0.4, 0.5) is 10.1 Å². The molecule has 1 atom stereocenters. The molecule has 9 heteroatoms. The van der Waals surface area contributed by atoms with E-state index >= 15 is 0 Å². The van der Waals surface area contributed by atoms with Gasteiger partial charge in [0.2, 0.25) is 0 Å². The first-order valence-electron chi connectivity index (χ1n) is 10.9. The van der Waals surface area contributed by atoms with Gasteiger partial charge in [0.25, 0.3) is 5.91 Å². The van der Waals surface area contributed by atoms with Gasteiger partial charge in [0.1, 0.15) is 0 Å². The van der Waals surface area contributed by atoms with E-state index in [4.69, 9.17) is 11.6 Å². The van der Waals surface area contributed by atoms with Crippen molar-refractivity contribution in [2.24, 2.45) is 7.05 Å². The standard InChI is InChI=1S/C24H24ClFN6O/c1-29-15-19(13-27-29)18-4-7-22-23(14-28-32(22)16-18)30-8-10-31(11-9-30)24(33)21(26)12-17-2-5-20(25)6-3-17/h2-7,13-16,21H,8-12H2,1H3. The number of halogens is 2. The first kappa shape index (κ1) is 21.5. The Morgan fingerprint density at radius 3 is 2.45 bits per heavy atom. The Bertz CT molecular complexity index is 1280. The van der Waals surface area contributed by atoms with Crippen molar-refractivity contribution in [1.29, 1.82) is 0 Å². The van der Waals surface area contributed by atoms with Crippen molar-refractivity contribution in [2.75, 3.05) is 31.1 Å². The number of nitrogens with zero attached hydrogens (tertiary/aromatic N) is 6. The van der Waals surface area contributed by atoms with Crippen LogP contribution in [0.1, 0.15) is 5.56 Å². The van der Waals surface area contributed by atoms with Gasteiger partial charge >= 0.3 is 0 Å². The van der Waals surface area contributed by atoms with Crippen LogP contribution in [0.2, 0.25) is 5.02 Å². The van der Waals surface area contributed by atoms with E-state index in [0.29, 0.717) is 31.2 Å². The molecule has 1 aliphatic heterocycles. The number of amides is 1. The van der Waals surface area contributed by atoms with Crippen LogP contribution >= 0.6 is 11.6 Å². The summed E-state index contributed by atoms with van der Waals surface area (Å²) in [5.41, 5.74) is 4.83. The predicted octanol–water partition coefficient (Wildman–Crippen LogP) is 3.62. The lowest BCUT2D eigenvalue weighted by Gasteiger charge is -2.36. The highest BCUT2D eigenvalue weighted by atomic mass is 35.5. The number of fused-ring (bicyclic) bond motifs is 1. The van der Waals surface area contributed by atoms with Crippen molar-refractivity contribution < 1.29 is 9.18 Å². The summed E-state index contributed by atoms with van der Waals surface area (Å²) in [4.78, 5) is 16.4. The highest BCUT2D eigenvalue weighted by Gasteiger charge is 2.28. The molecule has 3 aromatic heterocycles. The molecule has 1 unspecified atom stereocenters. The molecule has 0 saturated carbocycles. The van der Waals surface area contributed by atoms with E-state index in [9.17, 15) is 9.18 Å². The highest BCUT2D eigenvalue weighted by Crippen LogP contribution is 2.26. The molecule has 1 aromatic carbocycles. The zero-order chi connectivity index (χ0) is 22.9. The highest BCUT2D eigenvalue weighted by molar-refractivity contribution is 6.30. The van der Waals surface area contributed by atoms with E-state index in [-0.39, 0.29) is 6.42 Å². The van der Waals surface area contributed by atoms with Crippen molar-refractivity contribution in [3.05, 3.63) is 71.8 Å². The SMILES string of the molecule is Cn1cc(-c2ccc3c(N4CCN(C(=O)C(F)Cc5ccc(Cl)cc5)CC4)cnn3c2)cn1. The van der Waals surface area contributed by atoms with E-state index in [2.05, 4.69) is 21.2 Å². The van der Waals surface area contributed by atoms with Gasteiger partial charge in [-0.1, -0.05) is 29.8 Å². The summed E-state index contributed by atoms with van der Waals surface area (Å²) in [6.45, 7) is 2.21. The summed E-state index contributed by atoms with van der Waals surface area (Å²) in [6, 6.07) is 11.0. The van der Waals surface area contributed by atoms with E-state index in [1.165, 1.54) is 0 Å². The quantitative estimate of drug-likeness (QED) is 0.451. The first-order valence-corrected chi connectivity index (χ1v) is 11.2. The number of anilines is 1. The molecule has 0 bridgehead atoms. The van der Waals surface area contributed by atoms with Gasteiger partial charge < -0.3 is 9.80 Å². The maximum absolute atomic E-state index is 14.7. The van der Waals surface area contributed by atoms with Crippen LogP contribution in [0.3, 0.4) is 0 Å². The Labute approximate surface area is 196 Å². The Kier molecular flexibility index (Phi) is 5.76. The number of rotatable bonds is 5. The summed E-state index contributed by atoms with van der Waals surface area (Å²) in [7, 11) is 1.89. The van der Waals surface area contributed by atoms with Crippen molar-refractivity contribution in [3.63, 3.8) is 0 Å². The molecule has 0 N–H and O–H groups in total. The van der Waals surface area contributed by atoms with Crippen LogP contribution in [0.15, 0.2) is 61.2 Å². The van der Waals surface area contributed by atoms with Gasteiger partial charge in [-0.3, -0.25) is 9.48 Å². The molecule has 1 amide bonds. The summed E-state index contributed by atoms with van der Waals surface area (Å²) >= 11 is 5.88. The molecule has 1 aliphatic rings. The monoisotopic (exact) mass is 466 g/mol. The van der Waals surface area contributed by atoms with Crippen molar-refractivity contribution >= 4 is 28.7 Å². The van der Waals surface area contributed by atoms with E-state index in [1.807, 2.05) is 42.4 Å². The molecule has 7 nitrogen and oxygen atoms in total. The minimum Gasteiger partial charge on any atom is -0.365 e. The number of hydrogen-bond acceptors (Lipinski definition) is 4. The molecule has 33 heavy (non-hydrogen) atoms. The summed E-state index contributed by atoms with van der Waals surface area (Å²) in [5, 5.41) is 9.34. The Hall–Kier alpha value is -3.39. The Balaban J connectivity index is 1.23. The Morgan fingerprint density at radius 2 is 1.76 bits per heavy atom. The normalized spacial score (nSPS) is 15.2. The van der Waals surface area contributed by atoms with E-state index < -0.39 is 12.1 Å². The maximum Gasteiger partial charge on any atom is 0.257 e. The number of hydrogen-bond donors (Lipinski definition) is 0. The third-order valence-electron chi connectivity index (χ3n) is 6.06. The number of alkyl halides is 1. The molecule has 0 aliphatic carbocycles. The molecular formula is C24H24ClFN6O. The lowest BCUT2D eigenvalue weighted by atomic mass is 10.1. The van der Waals surface area contributed by atoms with Gasteiger partial charge in [0, 0.05) is 68.2 Å². The third kappa shape index (κ3) is 4.43. The van der Waals surface area contributed by atoms with Crippen molar-refractivity contribution in [2.45, 2.75) is 12.6 Å². The fourth-order valence-corrected chi connectivity index (χ4v) is 4.36. The van der Waals surface area contributed by atoms with Gasteiger partial charge in [-0.2, -0.15) is 10.2 Å². The summed E-state index contributed by atoms with van der Waals surface area (Å²) in [5.74, 6) is -0.453. The maximum atomic E-state index is 14.7. The third-order valence-corrected chi connectivity index (χ3v) is 6.31. The average Bonchev–Trinajstić information content (AvgIpc) is 3.46. The fourth-order valence-electron chi connectivity index (χ4n) is 4.24. The van der Waals surface area contributed by atoms with Crippen LogP contribution < -0.4 is 4.90 Å². The van der Waals surface area contributed by atoms with Gasteiger partial charge in [-0.05, 0) is 23.8 Å². The molecule has 4 aromatic rings. The fraction of sp³-hybridized carbons (Fsp3) is 0.292. The van der Waals surface area contributed by atoms with Gasteiger partial charge in [-0.25, -0.2) is 8.91 Å². The van der Waals surface area contributed by atoms with Crippen molar-refractivity contribution in [1.82, 2.24) is 24.3 Å². The van der Waals surface area contributed by atoms with Gasteiger partial charge in [0.15, 0.2) is 6.17 Å². The van der Waals surface area contributed by atoms with Crippen LogP contribution in [0.25, 0.3) is 16.6 Å². The topological polar surface area (TPSA) is 58.7 Å². The molecule has 170 valence electrons. The van der Waals surface area contributed by atoms with Crippen LogP contribution in [0.5, 0.6) is 0 Å². The largest absolute Gasteiger partial charge is 0.365 e. The zero-order valence-corrected chi connectivity index (χ0v) is 19.0. The molecule has 4 heterocycles. The van der Waals surface area contributed by atoms with Crippen molar-refractivity contribution in [3.8, 4) is 11.1 Å². The number of pyridine rings is 1. The number of aryl methyl sites for hydroxylation is 1. The molecular weight excluding hydrogens is 443 g/mol. The minimum absolute atomic E-state index is 0.0591. The number of aromatic nitrogens is 4. The second-order valence-corrected chi connectivity index (χ2v) is 8.73. The molecule has 1 saturated heterocycles. The zero-order valence-electron chi connectivity index (χ0n) is 18.2. The average molecular weight is 467 g/mol. The number of carbonyl (C=O) groups is 1. The number of benzene rings is 1. The molecule has 0 radical (unpaired) electrons. The Morgan fingerprint density at radius 1 is 1.00 bits per heavy atom. The van der Waals surface area contributed by atoms with E-state index in [0.717, 1.165) is 27.9 Å². The van der Waals surface area contributed by atoms with Crippen LogP contribution in [-0.2, 0) is 18.3 Å². The second-order valence-electron chi connectivity index (χ2n) is 8.29. The summed E-state index contributed by atoms with van der Waals surface area (Å²) < 4.78 is 18.3. The van der Waals surface area contributed by atoms with Crippen LogP contribution in [-0.4, -0.2) is 62.6 Å². The predicted molar refractivity (Wildman–Crippen MR) is 126 cm³/mol. The lowest BCUT2D eigenvalue weighted by molar-refractivity contribution is -0.136. The first-order chi connectivity index (χ1) is 16.0. The lowest BCUT2D eigenvalue weighted by Crippen LogP contribution is -2.51. The van der Waals surface area contributed by atoms with E-state index in [1.54, 1.807) is 33.8 Å². The summed E-state index contributed by atoms with van der Waals surface area (Å²) in [6.07, 6.45) is 6.13. The van der Waals surface area contributed by atoms with Gasteiger partial charge in [-0.15, -0.1) is 0 Å². The second kappa shape index (κ2) is 8.86. The number of piperazine rings is 1. The molecule has 1 fully saturated rings. The van der Waals surface area contributed by atoms with Crippen LogP contribution in [0, 0.1) is 0 Å². The number of carbonyl (C=O) groups excluding carboxylic acids is 1. The minimum atomic E-state index is -1.55. The smallest absolute Gasteiger partial charge is 0.257 e.